The molecule has 0 heterocycles. The van der Waals surface area contributed by atoms with Gasteiger partial charge in [-0.1, -0.05) is 94.6 Å². The first-order chi connectivity index (χ1) is 15.8. The molecular formula is C30H42N2. The maximum atomic E-state index is 2.64. The van der Waals surface area contributed by atoms with Gasteiger partial charge in [0.25, 0.3) is 0 Å². The minimum atomic E-state index is 1.17. The summed E-state index contributed by atoms with van der Waals surface area (Å²) < 4.78 is 0. The predicted molar refractivity (Wildman–Crippen MR) is 142 cm³/mol. The average Bonchev–Trinajstić information content (AvgIpc) is 2.86. The zero-order chi connectivity index (χ0) is 22.9. The largest absolute Gasteiger partial charge is 0.311 e. The van der Waals surface area contributed by atoms with Crippen LogP contribution in [0.25, 0.3) is 0 Å². The summed E-state index contributed by atoms with van der Waals surface area (Å²) in [6.07, 6.45) is 8.09. The van der Waals surface area contributed by atoms with Crippen molar-refractivity contribution in [3.63, 3.8) is 0 Å². The SMILES string of the molecule is CCCCN(CCCC)CCCC.c1ccc(N(c2ccccc2)c2ccccc2)cc1. The molecule has 0 saturated heterocycles. The number of hydrogen-bond donors (Lipinski definition) is 0. The predicted octanol–water partition coefficient (Wildman–Crippen LogP) is 8.85. The van der Waals surface area contributed by atoms with Crippen molar-refractivity contribution in [2.45, 2.75) is 59.3 Å². The Balaban J connectivity index is 0.000000247. The molecule has 0 unspecified atom stereocenters. The van der Waals surface area contributed by atoms with Crippen molar-refractivity contribution in [1.29, 1.82) is 0 Å². The first-order valence-corrected chi connectivity index (χ1v) is 12.5. The first kappa shape index (κ1) is 25.7. The van der Waals surface area contributed by atoms with Gasteiger partial charge in [-0.2, -0.15) is 0 Å². The van der Waals surface area contributed by atoms with Gasteiger partial charge in [-0.05, 0) is 75.3 Å². The smallest absolute Gasteiger partial charge is 0.0461 e. The van der Waals surface area contributed by atoms with E-state index >= 15 is 0 Å². The summed E-state index contributed by atoms with van der Waals surface area (Å²) in [6.45, 7) is 10.8. The Bertz CT molecular complexity index is 689. The van der Waals surface area contributed by atoms with Crippen LogP contribution >= 0.6 is 0 Å². The fourth-order valence-corrected chi connectivity index (χ4v) is 3.66. The topological polar surface area (TPSA) is 6.48 Å². The van der Waals surface area contributed by atoms with Crippen LogP contribution in [0.1, 0.15) is 59.3 Å². The van der Waals surface area contributed by atoms with Gasteiger partial charge in [0.05, 0.1) is 0 Å². The molecular weight excluding hydrogens is 388 g/mol. The molecule has 0 radical (unpaired) electrons. The maximum Gasteiger partial charge on any atom is 0.0461 e. The summed E-state index contributed by atoms with van der Waals surface area (Å²) in [5, 5.41) is 0. The zero-order valence-corrected chi connectivity index (χ0v) is 20.4. The highest BCUT2D eigenvalue weighted by Gasteiger charge is 2.10. The highest BCUT2D eigenvalue weighted by Crippen LogP contribution is 2.33. The molecule has 0 fully saturated rings. The van der Waals surface area contributed by atoms with Gasteiger partial charge < -0.3 is 9.80 Å². The molecule has 0 aromatic heterocycles. The first-order valence-electron chi connectivity index (χ1n) is 12.5. The molecule has 0 spiro atoms. The van der Waals surface area contributed by atoms with Crippen LogP contribution < -0.4 is 4.90 Å². The molecule has 2 heteroatoms. The molecule has 3 aromatic carbocycles. The summed E-state index contributed by atoms with van der Waals surface area (Å²) >= 11 is 0. The van der Waals surface area contributed by atoms with Crippen LogP contribution in [0.2, 0.25) is 0 Å². The molecule has 0 aliphatic carbocycles. The van der Waals surface area contributed by atoms with E-state index in [9.17, 15) is 0 Å². The van der Waals surface area contributed by atoms with E-state index in [2.05, 4.69) is 103 Å². The number of nitrogens with zero attached hydrogens (tertiary/aromatic N) is 2. The minimum absolute atomic E-state index is 1.17. The molecule has 3 aromatic rings. The van der Waals surface area contributed by atoms with E-state index in [0.717, 1.165) is 0 Å². The van der Waals surface area contributed by atoms with Crippen LogP contribution in [-0.4, -0.2) is 24.5 Å². The lowest BCUT2D eigenvalue weighted by Crippen LogP contribution is -2.27. The summed E-state index contributed by atoms with van der Waals surface area (Å²) in [6, 6.07) is 31.3. The van der Waals surface area contributed by atoms with E-state index in [0.29, 0.717) is 0 Å². The molecule has 0 aliphatic rings. The number of hydrogen-bond acceptors (Lipinski definition) is 2. The molecule has 172 valence electrons. The van der Waals surface area contributed by atoms with Crippen LogP contribution in [0.4, 0.5) is 17.1 Å². The number of rotatable bonds is 12. The van der Waals surface area contributed by atoms with Gasteiger partial charge in [0.1, 0.15) is 0 Å². The Hall–Kier alpha value is -2.58. The van der Waals surface area contributed by atoms with Crippen LogP contribution in [0.3, 0.4) is 0 Å². The van der Waals surface area contributed by atoms with Crippen LogP contribution in [-0.2, 0) is 0 Å². The Kier molecular flexibility index (Phi) is 12.9. The summed E-state index contributed by atoms with van der Waals surface area (Å²) in [4.78, 5) is 4.89. The maximum absolute atomic E-state index is 2.64. The Labute approximate surface area is 196 Å². The third-order valence-corrected chi connectivity index (χ3v) is 5.53. The highest BCUT2D eigenvalue weighted by atomic mass is 15.1. The second-order valence-corrected chi connectivity index (χ2v) is 8.24. The van der Waals surface area contributed by atoms with Gasteiger partial charge in [-0.25, -0.2) is 0 Å². The second-order valence-electron chi connectivity index (χ2n) is 8.24. The van der Waals surface area contributed by atoms with Crippen molar-refractivity contribution in [2.75, 3.05) is 24.5 Å². The molecule has 0 atom stereocenters. The number of anilines is 3. The quantitative estimate of drug-likeness (QED) is 0.283. The van der Waals surface area contributed by atoms with Gasteiger partial charge in [-0.15, -0.1) is 0 Å². The summed E-state index contributed by atoms with van der Waals surface area (Å²) in [5.74, 6) is 0. The Morgan fingerprint density at radius 2 is 0.719 bits per heavy atom. The van der Waals surface area contributed by atoms with Gasteiger partial charge in [0.2, 0.25) is 0 Å². The van der Waals surface area contributed by atoms with Gasteiger partial charge in [0, 0.05) is 17.1 Å². The third kappa shape index (κ3) is 9.28. The van der Waals surface area contributed by atoms with E-state index in [4.69, 9.17) is 0 Å². The van der Waals surface area contributed by atoms with Gasteiger partial charge in [0.15, 0.2) is 0 Å². The Morgan fingerprint density at radius 3 is 0.969 bits per heavy atom. The lowest BCUT2D eigenvalue weighted by molar-refractivity contribution is 0.261. The van der Waals surface area contributed by atoms with Crippen LogP contribution in [0, 0.1) is 0 Å². The molecule has 2 nitrogen and oxygen atoms in total. The van der Waals surface area contributed by atoms with Crippen molar-refractivity contribution in [3.8, 4) is 0 Å². The summed E-state index contributed by atoms with van der Waals surface area (Å²) in [5.41, 5.74) is 3.50. The van der Waals surface area contributed by atoms with Crippen LogP contribution in [0.15, 0.2) is 91.0 Å². The Morgan fingerprint density at radius 1 is 0.438 bits per heavy atom. The molecule has 32 heavy (non-hydrogen) atoms. The van der Waals surface area contributed by atoms with Gasteiger partial charge >= 0.3 is 0 Å². The minimum Gasteiger partial charge on any atom is -0.311 e. The second kappa shape index (κ2) is 16.1. The standard InChI is InChI=1S/C18H15N.C12H27N/c1-4-10-16(11-5-1)19(17-12-6-2-7-13-17)18-14-8-3-9-15-18;1-4-7-10-13(11-8-5-2)12-9-6-3/h1-15H;4-12H2,1-3H3. The van der Waals surface area contributed by atoms with Crippen LogP contribution in [0.5, 0.6) is 0 Å². The fraction of sp³-hybridized carbons (Fsp3) is 0.400. The van der Waals surface area contributed by atoms with Crippen molar-refractivity contribution < 1.29 is 0 Å². The normalized spacial score (nSPS) is 10.5. The van der Waals surface area contributed by atoms with Gasteiger partial charge in [-0.3, -0.25) is 0 Å². The zero-order valence-electron chi connectivity index (χ0n) is 20.4. The molecule has 0 aliphatic heterocycles. The fourth-order valence-electron chi connectivity index (χ4n) is 3.66. The van der Waals surface area contributed by atoms with E-state index in [1.165, 1.54) is 75.2 Å². The van der Waals surface area contributed by atoms with E-state index in [-0.39, 0.29) is 0 Å². The molecule has 3 rings (SSSR count). The van der Waals surface area contributed by atoms with Crippen molar-refractivity contribution in [1.82, 2.24) is 4.90 Å². The molecule has 0 saturated carbocycles. The van der Waals surface area contributed by atoms with Crippen molar-refractivity contribution >= 4 is 17.1 Å². The number of unbranched alkanes of at least 4 members (excludes halogenated alkanes) is 3. The van der Waals surface area contributed by atoms with E-state index in [1.54, 1.807) is 0 Å². The lowest BCUT2D eigenvalue weighted by atomic mass is 10.2. The lowest BCUT2D eigenvalue weighted by Gasteiger charge is -2.25. The molecule has 0 bridgehead atoms. The highest BCUT2D eigenvalue weighted by molar-refractivity contribution is 5.76. The number of benzene rings is 3. The van der Waals surface area contributed by atoms with Crippen molar-refractivity contribution in [2.24, 2.45) is 0 Å². The van der Waals surface area contributed by atoms with Crippen molar-refractivity contribution in [3.05, 3.63) is 91.0 Å². The molecule has 0 N–H and O–H groups in total. The summed E-state index contributed by atoms with van der Waals surface area (Å²) in [7, 11) is 0. The van der Waals surface area contributed by atoms with E-state index in [1.807, 2.05) is 18.2 Å². The third-order valence-electron chi connectivity index (χ3n) is 5.53. The average molecular weight is 431 g/mol. The monoisotopic (exact) mass is 430 g/mol. The number of para-hydroxylation sites is 3. The molecule has 0 amide bonds. The van der Waals surface area contributed by atoms with E-state index < -0.39 is 0 Å².